The third-order valence-corrected chi connectivity index (χ3v) is 3.62. The number of hydrogen-bond acceptors (Lipinski definition) is 3. The van der Waals surface area contributed by atoms with E-state index in [1.54, 1.807) is 0 Å². The Morgan fingerprint density at radius 3 is 2.94 bits per heavy atom. The first kappa shape index (κ1) is 12.7. The quantitative estimate of drug-likeness (QED) is 0.819. The standard InChI is InChI=1S/C14H24N2O/c1-12-3-4-14(17-12)7-10-16(2)9-6-13-5-8-15-11-13/h3-4,13,15H,5-11H2,1-2H3. The van der Waals surface area contributed by atoms with E-state index in [2.05, 4.69) is 23.3 Å². The normalized spacial score (nSPS) is 20.3. The maximum absolute atomic E-state index is 5.58. The van der Waals surface area contributed by atoms with Gasteiger partial charge in [-0.3, -0.25) is 0 Å². The first-order chi connectivity index (χ1) is 8.24. The number of likely N-dealkylation sites (N-methyl/N-ethyl adjacent to an activating group) is 1. The highest BCUT2D eigenvalue weighted by molar-refractivity contribution is 5.05. The summed E-state index contributed by atoms with van der Waals surface area (Å²) in [7, 11) is 2.21. The molecular formula is C14H24N2O. The van der Waals surface area contributed by atoms with Crippen LogP contribution in [-0.2, 0) is 6.42 Å². The molecular weight excluding hydrogens is 212 g/mol. The predicted octanol–water partition coefficient (Wildman–Crippen LogP) is 2.06. The van der Waals surface area contributed by atoms with Gasteiger partial charge in [-0.2, -0.15) is 0 Å². The molecule has 1 aromatic rings. The van der Waals surface area contributed by atoms with Gasteiger partial charge in [-0.1, -0.05) is 0 Å². The zero-order valence-corrected chi connectivity index (χ0v) is 11.0. The Labute approximate surface area is 104 Å². The number of furan rings is 1. The minimum Gasteiger partial charge on any atom is -0.466 e. The molecule has 1 saturated heterocycles. The van der Waals surface area contributed by atoms with Gasteiger partial charge in [0.15, 0.2) is 0 Å². The average Bonchev–Trinajstić information content (AvgIpc) is 2.95. The molecule has 2 heterocycles. The molecule has 1 atom stereocenters. The van der Waals surface area contributed by atoms with Crippen LogP contribution in [0.5, 0.6) is 0 Å². The van der Waals surface area contributed by atoms with Crippen molar-refractivity contribution in [3.63, 3.8) is 0 Å². The number of rotatable bonds is 6. The van der Waals surface area contributed by atoms with Crippen molar-refractivity contribution in [2.24, 2.45) is 5.92 Å². The Morgan fingerprint density at radius 1 is 1.41 bits per heavy atom. The summed E-state index contributed by atoms with van der Waals surface area (Å²) in [6, 6.07) is 4.13. The van der Waals surface area contributed by atoms with E-state index in [4.69, 9.17) is 4.42 Å². The van der Waals surface area contributed by atoms with Crippen LogP contribution in [0.4, 0.5) is 0 Å². The molecule has 3 nitrogen and oxygen atoms in total. The van der Waals surface area contributed by atoms with E-state index in [-0.39, 0.29) is 0 Å². The van der Waals surface area contributed by atoms with Crippen LogP contribution in [0.1, 0.15) is 24.4 Å². The van der Waals surface area contributed by atoms with E-state index in [0.717, 1.165) is 30.4 Å². The minimum atomic E-state index is 0.892. The predicted molar refractivity (Wildman–Crippen MR) is 70.2 cm³/mol. The molecule has 0 aromatic carbocycles. The molecule has 1 aromatic heterocycles. The maximum Gasteiger partial charge on any atom is 0.105 e. The van der Waals surface area contributed by atoms with Gasteiger partial charge in [0.25, 0.3) is 0 Å². The summed E-state index contributed by atoms with van der Waals surface area (Å²) in [5.74, 6) is 3.01. The molecule has 1 fully saturated rings. The van der Waals surface area contributed by atoms with Crippen molar-refractivity contribution in [2.45, 2.75) is 26.2 Å². The summed E-state index contributed by atoms with van der Waals surface area (Å²) in [5.41, 5.74) is 0. The molecule has 0 spiro atoms. The second kappa shape index (κ2) is 6.22. The Morgan fingerprint density at radius 2 is 2.29 bits per heavy atom. The third kappa shape index (κ3) is 4.17. The molecule has 0 bridgehead atoms. The van der Waals surface area contributed by atoms with Gasteiger partial charge in [-0.05, 0) is 64.5 Å². The van der Waals surface area contributed by atoms with Gasteiger partial charge in [-0.25, -0.2) is 0 Å². The van der Waals surface area contributed by atoms with Crippen LogP contribution in [0.25, 0.3) is 0 Å². The van der Waals surface area contributed by atoms with Gasteiger partial charge < -0.3 is 14.6 Å². The van der Waals surface area contributed by atoms with Crippen molar-refractivity contribution >= 4 is 0 Å². The van der Waals surface area contributed by atoms with Gasteiger partial charge in [-0.15, -0.1) is 0 Å². The minimum absolute atomic E-state index is 0.892. The van der Waals surface area contributed by atoms with Crippen LogP contribution in [-0.4, -0.2) is 38.1 Å². The lowest BCUT2D eigenvalue weighted by molar-refractivity contribution is 0.300. The van der Waals surface area contributed by atoms with Crippen molar-refractivity contribution in [3.05, 3.63) is 23.7 Å². The summed E-state index contributed by atoms with van der Waals surface area (Å²) in [5, 5.41) is 3.42. The van der Waals surface area contributed by atoms with E-state index < -0.39 is 0 Å². The smallest absolute Gasteiger partial charge is 0.105 e. The van der Waals surface area contributed by atoms with Crippen LogP contribution in [0.3, 0.4) is 0 Å². The molecule has 0 aliphatic carbocycles. The molecule has 96 valence electrons. The fraction of sp³-hybridized carbons (Fsp3) is 0.714. The van der Waals surface area contributed by atoms with E-state index >= 15 is 0 Å². The summed E-state index contributed by atoms with van der Waals surface area (Å²) < 4.78 is 5.58. The average molecular weight is 236 g/mol. The number of aryl methyl sites for hydroxylation is 1. The fourth-order valence-corrected chi connectivity index (χ4v) is 2.40. The molecule has 1 unspecified atom stereocenters. The molecule has 0 radical (unpaired) electrons. The number of nitrogens with zero attached hydrogens (tertiary/aromatic N) is 1. The largest absolute Gasteiger partial charge is 0.466 e. The summed E-state index contributed by atoms with van der Waals surface area (Å²) >= 11 is 0. The maximum atomic E-state index is 5.58. The van der Waals surface area contributed by atoms with E-state index in [1.165, 1.54) is 32.5 Å². The van der Waals surface area contributed by atoms with Gasteiger partial charge in [0, 0.05) is 13.0 Å². The highest BCUT2D eigenvalue weighted by Crippen LogP contribution is 2.13. The fourth-order valence-electron chi connectivity index (χ4n) is 2.40. The molecule has 1 aliphatic heterocycles. The number of hydrogen-bond donors (Lipinski definition) is 1. The molecule has 0 amide bonds. The van der Waals surface area contributed by atoms with Crippen LogP contribution < -0.4 is 5.32 Å². The Hall–Kier alpha value is -0.800. The topological polar surface area (TPSA) is 28.4 Å². The van der Waals surface area contributed by atoms with Crippen LogP contribution in [0.15, 0.2) is 16.5 Å². The molecule has 2 rings (SSSR count). The van der Waals surface area contributed by atoms with E-state index in [1.807, 2.05) is 13.0 Å². The van der Waals surface area contributed by atoms with Gasteiger partial charge in [0.05, 0.1) is 0 Å². The van der Waals surface area contributed by atoms with E-state index in [9.17, 15) is 0 Å². The van der Waals surface area contributed by atoms with Gasteiger partial charge in [0.1, 0.15) is 11.5 Å². The zero-order valence-electron chi connectivity index (χ0n) is 11.0. The van der Waals surface area contributed by atoms with Crippen LogP contribution in [0.2, 0.25) is 0 Å². The van der Waals surface area contributed by atoms with Crippen molar-refractivity contribution in [1.29, 1.82) is 0 Å². The van der Waals surface area contributed by atoms with Crippen molar-refractivity contribution in [1.82, 2.24) is 10.2 Å². The van der Waals surface area contributed by atoms with Gasteiger partial charge >= 0.3 is 0 Å². The summed E-state index contributed by atoms with van der Waals surface area (Å²) in [4.78, 5) is 2.41. The van der Waals surface area contributed by atoms with Crippen LogP contribution in [0, 0.1) is 12.8 Å². The first-order valence-electron chi connectivity index (χ1n) is 6.68. The molecule has 3 heteroatoms. The molecule has 17 heavy (non-hydrogen) atoms. The Kier molecular flexibility index (Phi) is 4.63. The summed E-state index contributed by atoms with van der Waals surface area (Å²) in [6.07, 6.45) is 3.69. The Balaban J connectivity index is 1.61. The van der Waals surface area contributed by atoms with Crippen molar-refractivity contribution in [2.75, 3.05) is 33.2 Å². The highest BCUT2D eigenvalue weighted by Gasteiger charge is 2.14. The SMILES string of the molecule is Cc1ccc(CCN(C)CCC2CCNC2)o1. The monoisotopic (exact) mass is 236 g/mol. The second-order valence-corrected chi connectivity index (χ2v) is 5.21. The van der Waals surface area contributed by atoms with Crippen molar-refractivity contribution < 1.29 is 4.42 Å². The lowest BCUT2D eigenvalue weighted by Crippen LogP contribution is -2.24. The molecule has 1 aliphatic rings. The highest BCUT2D eigenvalue weighted by atomic mass is 16.3. The first-order valence-corrected chi connectivity index (χ1v) is 6.68. The van der Waals surface area contributed by atoms with Crippen LogP contribution >= 0.6 is 0 Å². The molecule has 0 saturated carbocycles. The van der Waals surface area contributed by atoms with Gasteiger partial charge in [0.2, 0.25) is 0 Å². The lowest BCUT2D eigenvalue weighted by Gasteiger charge is -2.17. The zero-order chi connectivity index (χ0) is 12.1. The Bertz CT molecular complexity index is 329. The third-order valence-electron chi connectivity index (χ3n) is 3.62. The lowest BCUT2D eigenvalue weighted by atomic mass is 10.1. The van der Waals surface area contributed by atoms with E-state index in [0.29, 0.717) is 0 Å². The second-order valence-electron chi connectivity index (χ2n) is 5.21. The molecule has 1 N–H and O–H groups in total. The number of nitrogens with one attached hydrogen (secondary N) is 1. The summed E-state index contributed by atoms with van der Waals surface area (Å²) in [6.45, 7) is 6.71. The van der Waals surface area contributed by atoms with Crippen molar-refractivity contribution in [3.8, 4) is 0 Å².